The van der Waals surface area contributed by atoms with Crippen LogP contribution in [0.5, 0.6) is 5.75 Å². The average Bonchev–Trinajstić information content (AvgIpc) is 2.73. The van der Waals surface area contributed by atoms with E-state index in [-0.39, 0.29) is 22.0 Å². The molecule has 0 amide bonds. The van der Waals surface area contributed by atoms with E-state index in [2.05, 4.69) is 19.7 Å². The van der Waals surface area contributed by atoms with Crippen LogP contribution in [0.3, 0.4) is 0 Å². The first-order valence-electron chi connectivity index (χ1n) is 6.25. The van der Waals surface area contributed by atoms with Crippen LogP contribution in [0.15, 0.2) is 29.1 Å². The molecular formula is C13H8ClF3N4O2. The van der Waals surface area contributed by atoms with Gasteiger partial charge < -0.3 is 4.74 Å². The Hall–Kier alpha value is -2.55. The molecule has 0 fully saturated rings. The lowest BCUT2D eigenvalue weighted by Gasteiger charge is -2.10. The van der Waals surface area contributed by atoms with Gasteiger partial charge in [0.15, 0.2) is 10.8 Å². The summed E-state index contributed by atoms with van der Waals surface area (Å²) >= 11 is 6.03. The molecule has 6 nitrogen and oxygen atoms in total. The molecule has 0 unspecified atom stereocenters. The maximum absolute atomic E-state index is 12.3. The Morgan fingerprint density at radius 3 is 2.74 bits per heavy atom. The van der Waals surface area contributed by atoms with Gasteiger partial charge >= 0.3 is 12.1 Å². The van der Waals surface area contributed by atoms with Crippen LogP contribution in [0, 0.1) is 6.92 Å². The number of aromatic amines is 1. The summed E-state index contributed by atoms with van der Waals surface area (Å²) in [6.45, 7) is 1.60. The minimum Gasteiger partial charge on any atom is -0.406 e. The number of aromatic nitrogens is 4. The predicted molar refractivity (Wildman–Crippen MR) is 75.9 cm³/mol. The number of nitrogens with one attached hydrogen (secondary N) is 1. The summed E-state index contributed by atoms with van der Waals surface area (Å²) in [6.07, 6.45) is -4.83. The number of halogens is 4. The minimum absolute atomic E-state index is 0.00740. The lowest BCUT2D eigenvalue weighted by atomic mass is 10.3. The van der Waals surface area contributed by atoms with E-state index >= 15 is 0 Å². The number of aryl methyl sites for hydroxylation is 1. The van der Waals surface area contributed by atoms with Gasteiger partial charge in [-0.1, -0.05) is 17.7 Å². The van der Waals surface area contributed by atoms with Crippen molar-refractivity contribution in [3.05, 3.63) is 45.7 Å². The Morgan fingerprint density at radius 1 is 1.30 bits per heavy atom. The molecule has 0 bridgehead atoms. The first-order chi connectivity index (χ1) is 10.7. The molecule has 2 aromatic heterocycles. The lowest BCUT2D eigenvalue weighted by molar-refractivity contribution is -0.274. The van der Waals surface area contributed by atoms with Crippen molar-refractivity contribution in [3.8, 4) is 11.4 Å². The van der Waals surface area contributed by atoms with E-state index in [4.69, 9.17) is 11.6 Å². The summed E-state index contributed by atoms with van der Waals surface area (Å²) in [7, 11) is 0. The number of hydrogen-bond acceptors (Lipinski definition) is 4. The summed E-state index contributed by atoms with van der Waals surface area (Å²) in [5.74, 6) is -0.106. The van der Waals surface area contributed by atoms with Gasteiger partial charge in [-0.05, 0) is 19.1 Å². The molecule has 0 atom stereocenters. The summed E-state index contributed by atoms with van der Waals surface area (Å²) in [5, 5.41) is 0.00740. The number of H-pyrrole nitrogens is 1. The number of alkyl halides is 3. The molecule has 0 radical (unpaired) electrons. The maximum Gasteiger partial charge on any atom is 0.573 e. The normalized spacial score (nSPS) is 11.9. The van der Waals surface area contributed by atoms with Crippen LogP contribution in [-0.2, 0) is 0 Å². The first kappa shape index (κ1) is 15.3. The fourth-order valence-corrected chi connectivity index (χ4v) is 2.44. The molecule has 0 aliphatic rings. The van der Waals surface area contributed by atoms with Gasteiger partial charge in [0.2, 0.25) is 0 Å². The second kappa shape index (κ2) is 5.27. The Kier molecular flexibility index (Phi) is 3.52. The third kappa shape index (κ3) is 3.00. The number of fused-ring (bicyclic) bond motifs is 1. The molecule has 0 spiro atoms. The molecule has 0 aliphatic heterocycles. The molecule has 120 valence electrons. The van der Waals surface area contributed by atoms with Gasteiger partial charge in [-0.15, -0.1) is 13.2 Å². The van der Waals surface area contributed by atoms with E-state index in [1.807, 2.05) is 0 Å². The van der Waals surface area contributed by atoms with Crippen molar-refractivity contribution in [3.63, 3.8) is 0 Å². The monoisotopic (exact) mass is 344 g/mol. The van der Waals surface area contributed by atoms with Crippen LogP contribution in [-0.4, -0.2) is 25.9 Å². The molecular weight excluding hydrogens is 337 g/mol. The van der Waals surface area contributed by atoms with Crippen LogP contribution in [0.25, 0.3) is 16.9 Å². The summed E-state index contributed by atoms with van der Waals surface area (Å²) < 4.78 is 41.9. The fraction of sp³-hybridized carbons (Fsp3) is 0.154. The zero-order chi connectivity index (χ0) is 16.8. The number of rotatable bonds is 2. The Morgan fingerprint density at radius 2 is 2.04 bits per heavy atom. The van der Waals surface area contributed by atoms with Gasteiger partial charge in [-0.25, -0.2) is 14.8 Å². The molecule has 0 saturated carbocycles. The van der Waals surface area contributed by atoms with Gasteiger partial charge in [-0.3, -0.25) is 9.55 Å². The fourth-order valence-electron chi connectivity index (χ4n) is 2.14. The Labute approximate surface area is 131 Å². The quantitative estimate of drug-likeness (QED) is 0.725. The standard InChI is InChI=1S/C13H8ClF3N4O2/c1-6-18-10(14)9-11(19-6)20-12(22)21(9)7-3-2-4-8(5-7)23-13(15,16)17/h2-5H,1H3,(H,18,19,20,22). The van der Waals surface area contributed by atoms with Gasteiger partial charge in [0.1, 0.15) is 17.1 Å². The third-order valence-electron chi connectivity index (χ3n) is 2.91. The van der Waals surface area contributed by atoms with Crippen molar-refractivity contribution < 1.29 is 17.9 Å². The van der Waals surface area contributed by atoms with Crippen LogP contribution >= 0.6 is 11.6 Å². The van der Waals surface area contributed by atoms with Crippen molar-refractivity contribution in [2.24, 2.45) is 0 Å². The van der Waals surface area contributed by atoms with E-state index in [9.17, 15) is 18.0 Å². The van der Waals surface area contributed by atoms with Crippen molar-refractivity contribution in [1.82, 2.24) is 19.5 Å². The minimum atomic E-state index is -4.83. The number of hydrogen-bond donors (Lipinski definition) is 1. The van der Waals surface area contributed by atoms with Gasteiger partial charge in [-0.2, -0.15) is 0 Å². The number of ether oxygens (including phenoxy) is 1. The van der Waals surface area contributed by atoms with E-state index in [1.165, 1.54) is 12.1 Å². The molecule has 3 rings (SSSR count). The SMILES string of the molecule is Cc1nc(Cl)c2c(n1)[nH]c(=O)n2-c1cccc(OC(F)(F)F)c1. The second-order valence-electron chi connectivity index (χ2n) is 4.57. The zero-order valence-electron chi connectivity index (χ0n) is 11.5. The second-order valence-corrected chi connectivity index (χ2v) is 4.93. The molecule has 3 aromatic rings. The maximum atomic E-state index is 12.3. The third-order valence-corrected chi connectivity index (χ3v) is 3.18. The Balaban J connectivity index is 2.20. The van der Waals surface area contributed by atoms with E-state index in [0.717, 1.165) is 16.7 Å². The highest BCUT2D eigenvalue weighted by atomic mass is 35.5. The summed E-state index contributed by atoms with van der Waals surface area (Å²) in [4.78, 5) is 22.6. The van der Waals surface area contributed by atoms with Crippen LogP contribution in [0.4, 0.5) is 13.2 Å². The topological polar surface area (TPSA) is 72.8 Å². The molecule has 0 aliphatic carbocycles. The summed E-state index contributed by atoms with van der Waals surface area (Å²) in [6, 6.07) is 4.95. The van der Waals surface area contributed by atoms with Gasteiger partial charge in [0.05, 0.1) is 5.69 Å². The zero-order valence-corrected chi connectivity index (χ0v) is 12.2. The number of benzene rings is 1. The average molecular weight is 345 g/mol. The summed E-state index contributed by atoms with van der Waals surface area (Å²) in [5.41, 5.74) is -0.107. The molecule has 0 saturated heterocycles. The van der Waals surface area contributed by atoms with E-state index in [0.29, 0.717) is 5.82 Å². The van der Waals surface area contributed by atoms with Crippen LogP contribution in [0.1, 0.15) is 5.82 Å². The smallest absolute Gasteiger partial charge is 0.406 e. The highest BCUT2D eigenvalue weighted by molar-refractivity contribution is 6.33. The van der Waals surface area contributed by atoms with Crippen LogP contribution < -0.4 is 10.4 Å². The van der Waals surface area contributed by atoms with Crippen LogP contribution in [0.2, 0.25) is 5.15 Å². The van der Waals surface area contributed by atoms with Crippen molar-refractivity contribution >= 4 is 22.8 Å². The molecule has 1 aromatic carbocycles. The molecule has 2 heterocycles. The molecule has 10 heteroatoms. The number of nitrogens with zero attached hydrogens (tertiary/aromatic N) is 3. The lowest BCUT2D eigenvalue weighted by Crippen LogP contribution is -2.18. The van der Waals surface area contributed by atoms with Crippen molar-refractivity contribution in [2.45, 2.75) is 13.3 Å². The first-order valence-corrected chi connectivity index (χ1v) is 6.63. The molecule has 1 N–H and O–H groups in total. The molecule has 23 heavy (non-hydrogen) atoms. The van der Waals surface area contributed by atoms with Crippen molar-refractivity contribution in [1.29, 1.82) is 0 Å². The van der Waals surface area contributed by atoms with Crippen molar-refractivity contribution in [2.75, 3.05) is 0 Å². The Bertz CT molecular complexity index is 949. The van der Waals surface area contributed by atoms with E-state index < -0.39 is 17.8 Å². The van der Waals surface area contributed by atoms with Gasteiger partial charge in [0.25, 0.3) is 0 Å². The van der Waals surface area contributed by atoms with E-state index in [1.54, 1.807) is 6.92 Å². The van der Waals surface area contributed by atoms with Gasteiger partial charge in [0, 0.05) is 6.07 Å². The predicted octanol–water partition coefficient (Wildman–Crippen LogP) is 2.97. The largest absolute Gasteiger partial charge is 0.573 e. The number of imidazole rings is 1. The highest BCUT2D eigenvalue weighted by Crippen LogP contribution is 2.26. The highest BCUT2D eigenvalue weighted by Gasteiger charge is 2.31.